The zero-order valence-corrected chi connectivity index (χ0v) is 24.4. The Bertz CT molecular complexity index is 1520. The molecule has 0 fully saturated rings. The molecule has 4 N–H and O–H groups in total. The van der Waals surface area contributed by atoms with E-state index in [0.717, 1.165) is 0 Å². The van der Waals surface area contributed by atoms with Crippen molar-refractivity contribution in [1.29, 1.82) is 0 Å². The molecule has 2 aromatic carbocycles. The average molecular weight is 599 g/mol. The van der Waals surface area contributed by atoms with E-state index >= 15 is 0 Å². The minimum Gasteiger partial charge on any atom is -0.489 e. The van der Waals surface area contributed by atoms with Crippen LogP contribution < -0.4 is 20.5 Å². The van der Waals surface area contributed by atoms with Gasteiger partial charge in [0.1, 0.15) is 18.0 Å². The van der Waals surface area contributed by atoms with Gasteiger partial charge in [-0.05, 0) is 45.0 Å². The van der Waals surface area contributed by atoms with Gasteiger partial charge in [0.25, 0.3) is 5.91 Å². The van der Waals surface area contributed by atoms with E-state index in [-0.39, 0.29) is 55.9 Å². The summed E-state index contributed by atoms with van der Waals surface area (Å²) in [7, 11) is -3.90. The number of nitrogens with zero attached hydrogens (tertiary/aromatic N) is 3. The number of carbonyl (C=O) groups excluding carboxylic acids is 2. The third-order valence-electron chi connectivity index (χ3n) is 5.93. The van der Waals surface area contributed by atoms with E-state index in [0.29, 0.717) is 22.7 Å². The maximum Gasteiger partial charge on any atom is 0.410 e. The number of nitrogens with one attached hydrogen (secondary N) is 2. The van der Waals surface area contributed by atoms with E-state index in [1.165, 1.54) is 23.2 Å². The highest BCUT2D eigenvalue weighted by molar-refractivity contribution is 7.89. The number of anilines is 2. The zero-order chi connectivity index (χ0) is 30.3. The van der Waals surface area contributed by atoms with Crippen molar-refractivity contribution in [1.82, 2.24) is 19.6 Å². The van der Waals surface area contributed by atoms with Crippen molar-refractivity contribution in [3.05, 3.63) is 60.4 Å². The van der Waals surface area contributed by atoms with E-state index in [1.54, 1.807) is 57.2 Å². The van der Waals surface area contributed by atoms with E-state index < -0.39 is 27.6 Å². The molecule has 4 bridgehead atoms. The van der Waals surface area contributed by atoms with Crippen LogP contribution in [-0.4, -0.2) is 80.3 Å². The number of aromatic nitrogens is 2. The Morgan fingerprint density at radius 3 is 2.52 bits per heavy atom. The third kappa shape index (κ3) is 8.15. The second kappa shape index (κ2) is 13.1. The van der Waals surface area contributed by atoms with E-state index in [9.17, 15) is 18.0 Å². The zero-order valence-electron chi connectivity index (χ0n) is 23.6. The summed E-state index contributed by atoms with van der Waals surface area (Å²) >= 11 is 0. The number of fused-ring (bicyclic) bond motifs is 13. The number of sulfonamides is 1. The molecule has 0 saturated carbocycles. The Balaban J connectivity index is 1.62. The van der Waals surface area contributed by atoms with Crippen molar-refractivity contribution < 1.29 is 32.2 Å². The summed E-state index contributed by atoms with van der Waals surface area (Å²) in [6, 6.07) is 12.8. The summed E-state index contributed by atoms with van der Waals surface area (Å²) < 4.78 is 45.4. The van der Waals surface area contributed by atoms with E-state index in [4.69, 9.17) is 19.9 Å². The summed E-state index contributed by atoms with van der Waals surface area (Å²) in [5.41, 5.74) is 6.38. The number of para-hydroxylation sites is 2. The van der Waals surface area contributed by atoms with Crippen LogP contribution in [-0.2, 0) is 19.5 Å². The second-order valence-corrected chi connectivity index (χ2v) is 12.1. The van der Waals surface area contributed by atoms with Crippen LogP contribution in [0.4, 0.5) is 16.3 Å². The molecule has 0 radical (unpaired) electrons. The number of carbonyl (C=O) groups is 2. The van der Waals surface area contributed by atoms with Gasteiger partial charge in [-0.2, -0.15) is 0 Å². The normalized spacial score (nSPS) is 16.6. The van der Waals surface area contributed by atoms with Gasteiger partial charge in [0, 0.05) is 25.2 Å². The van der Waals surface area contributed by atoms with Crippen LogP contribution >= 0.6 is 0 Å². The fourth-order valence-electron chi connectivity index (χ4n) is 3.89. The van der Waals surface area contributed by atoms with Crippen molar-refractivity contribution in [3.63, 3.8) is 0 Å². The second-order valence-electron chi connectivity index (χ2n) is 10.3. The lowest BCUT2D eigenvalue weighted by Gasteiger charge is -2.27. The fourth-order valence-corrected chi connectivity index (χ4v) is 4.91. The number of rotatable bonds is 0. The fraction of sp³-hybridized carbons (Fsp3) is 0.357. The van der Waals surface area contributed by atoms with Gasteiger partial charge in [-0.25, -0.2) is 27.9 Å². The summed E-state index contributed by atoms with van der Waals surface area (Å²) in [5, 5.41) is 2.76. The summed E-state index contributed by atoms with van der Waals surface area (Å²) in [6.45, 7) is 5.92. The van der Waals surface area contributed by atoms with Gasteiger partial charge in [-0.1, -0.05) is 24.3 Å². The van der Waals surface area contributed by atoms with Crippen LogP contribution in [0.1, 0.15) is 31.3 Å². The summed E-state index contributed by atoms with van der Waals surface area (Å²) in [6.07, 6.45) is 0.809. The average Bonchev–Trinajstić information content (AvgIpc) is 2.93. The first-order chi connectivity index (χ1) is 19.9. The molecule has 14 heteroatoms. The molecule has 0 unspecified atom stereocenters. The molecule has 13 nitrogen and oxygen atoms in total. The number of hydrogen-bond acceptors (Lipinski definition) is 10. The minimum absolute atomic E-state index is 0.0125. The van der Waals surface area contributed by atoms with Crippen molar-refractivity contribution >= 4 is 33.5 Å². The lowest BCUT2D eigenvalue weighted by atomic mass is 10.1. The lowest BCUT2D eigenvalue weighted by Crippen LogP contribution is -2.43. The molecule has 0 aliphatic carbocycles. The Hall–Kier alpha value is -4.27. The first-order valence-electron chi connectivity index (χ1n) is 13.2. The third-order valence-corrected chi connectivity index (χ3v) is 7.40. The molecule has 2 aliphatic rings. The molecule has 224 valence electrons. The van der Waals surface area contributed by atoms with Crippen LogP contribution in [0.15, 0.2) is 59.6 Å². The maximum absolute atomic E-state index is 13.1. The molecule has 0 spiro atoms. The smallest absolute Gasteiger partial charge is 0.410 e. The number of hydrogen-bond donors (Lipinski definition) is 3. The molecule has 0 atom stereocenters. The summed E-state index contributed by atoms with van der Waals surface area (Å²) in [5.74, 6) is -0.249. The van der Waals surface area contributed by atoms with Crippen molar-refractivity contribution in [3.8, 4) is 17.0 Å². The highest BCUT2D eigenvalue weighted by Crippen LogP contribution is 2.26. The molecular formula is C28H34N6O7S. The van der Waals surface area contributed by atoms with Crippen molar-refractivity contribution in [2.45, 2.75) is 31.3 Å². The Morgan fingerprint density at radius 1 is 1.05 bits per heavy atom. The van der Waals surface area contributed by atoms with Crippen LogP contribution in [0, 0.1) is 0 Å². The molecule has 42 heavy (non-hydrogen) atoms. The van der Waals surface area contributed by atoms with E-state index in [1.807, 2.05) is 0 Å². The molecule has 3 aromatic rings. The predicted octanol–water partition coefficient (Wildman–Crippen LogP) is 2.90. The van der Waals surface area contributed by atoms with Gasteiger partial charge in [0.15, 0.2) is 11.5 Å². The van der Waals surface area contributed by atoms with Gasteiger partial charge in [-0.15, -0.1) is 0 Å². The SMILES string of the molecule is CC(C)(C)OC(=O)N1CCNS(=O)(=O)c2ccc(cc2)-c2cnc(N)c(n2)C(=O)Nc2ccccc2OCCOCC1. The molecule has 2 aliphatic heterocycles. The summed E-state index contributed by atoms with van der Waals surface area (Å²) in [4.78, 5) is 35.8. The first-order valence-corrected chi connectivity index (χ1v) is 14.7. The van der Waals surface area contributed by atoms with Crippen molar-refractivity contribution in [2.75, 3.05) is 50.5 Å². The van der Waals surface area contributed by atoms with Crippen LogP contribution in [0.2, 0.25) is 0 Å². The topological polar surface area (TPSA) is 175 Å². The maximum atomic E-state index is 13.1. The van der Waals surface area contributed by atoms with Crippen molar-refractivity contribution in [2.24, 2.45) is 0 Å². The van der Waals surface area contributed by atoms with Crippen LogP contribution in [0.25, 0.3) is 11.3 Å². The highest BCUT2D eigenvalue weighted by Gasteiger charge is 2.23. The van der Waals surface area contributed by atoms with Gasteiger partial charge < -0.3 is 30.2 Å². The van der Waals surface area contributed by atoms with Crippen LogP contribution in [0.3, 0.4) is 0 Å². The van der Waals surface area contributed by atoms with Gasteiger partial charge >= 0.3 is 6.09 Å². The lowest BCUT2D eigenvalue weighted by molar-refractivity contribution is 0.0164. The van der Waals surface area contributed by atoms with Crippen LogP contribution in [0.5, 0.6) is 5.75 Å². The Morgan fingerprint density at radius 2 is 1.79 bits per heavy atom. The molecule has 3 heterocycles. The molecule has 1 aromatic heterocycles. The van der Waals surface area contributed by atoms with E-state index in [2.05, 4.69) is 20.0 Å². The number of amides is 2. The van der Waals surface area contributed by atoms with Gasteiger partial charge in [0.05, 0.1) is 35.7 Å². The monoisotopic (exact) mass is 598 g/mol. The number of benzene rings is 2. The largest absolute Gasteiger partial charge is 0.489 e. The molecule has 0 saturated heterocycles. The first kappa shape index (κ1) is 30.7. The number of nitrogens with two attached hydrogens (primary N) is 1. The Kier molecular flexibility index (Phi) is 9.60. The number of nitrogen functional groups attached to an aromatic ring is 1. The predicted molar refractivity (Wildman–Crippen MR) is 156 cm³/mol. The van der Waals surface area contributed by atoms with Gasteiger partial charge in [-0.3, -0.25) is 4.79 Å². The Labute approximate surface area is 244 Å². The highest BCUT2D eigenvalue weighted by atomic mass is 32.2. The molecule has 5 rings (SSSR count). The van der Waals surface area contributed by atoms with Gasteiger partial charge in [0.2, 0.25) is 10.0 Å². The standard InChI is InChI=1S/C28H34N6O7S/c1-28(2,3)41-27(36)34-13-12-31-42(37,38)20-10-8-19(9-11-20)22-18-30-25(29)24(32-22)26(35)33-21-6-4-5-7-23(21)40-17-16-39-15-14-34/h4-11,18,31H,12-17H2,1-3H3,(H2,29,30)(H,33,35). The number of ether oxygens (including phenoxy) is 3. The quantitative estimate of drug-likeness (QED) is 0.326. The minimum atomic E-state index is -3.90. The molecular weight excluding hydrogens is 564 g/mol. The molecule has 2 amide bonds.